The van der Waals surface area contributed by atoms with Crippen molar-refractivity contribution in [3.8, 4) is 0 Å². The second-order valence-electron chi connectivity index (χ2n) is 4.81. The number of pyridine rings is 1. The molecule has 0 amide bonds. The van der Waals surface area contributed by atoms with Gasteiger partial charge in [0, 0.05) is 25.3 Å². The average molecular weight is 283 g/mol. The summed E-state index contributed by atoms with van der Waals surface area (Å²) in [6.07, 6.45) is 3.75. The third-order valence-corrected chi connectivity index (χ3v) is 5.16. The molecule has 1 aromatic heterocycles. The normalized spacial score (nSPS) is 21.3. The Morgan fingerprint density at radius 1 is 1.26 bits per heavy atom. The van der Waals surface area contributed by atoms with Gasteiger partial charge in [0.1, 0.15) is 10.7 Å². The second-order valence-corrected chi connectivity index (χ2v) is 6.75. The van der Waals surface area contributed by atoms with E-state index in [2.05, 4.69) is 10.3 Å². The van der Waals surface area contributed by atoms with E-state index in [4.69, 9.17) is 4.74 Å². The fourth-order valence-corrected chi connectivity index (χ4v) is 3.34. The van der Waals surface area contributed by atoms with Crippen molar-refractivity contribution in [1.29, 1.82) is 0 Å². The van der Waals surface area contributed by atoms with E-state index in [1.165, 1.54) is 10.5 Å². The Labute approximate surface area is 112 Å². The van der Waals surface area contributed by atoms with Crippen LogP contribution < -0.4 is 5.32 Å². The molecule has 1 aromatic rings. The van der Waals surface area contributed by atoms with Crippen LogP contribution in [0.25, 0.3) is 0 Å². The summed E-state index contributed by atoms with van der Waals surface area (Å²) < 4.78 is 31.3. The SMILES string of the molecule is O=S(=O)(c1ccc(NC2CC2)nc1)N1CCOCC1. The zero-order chi connectivity index (χ0) is 13.3. The number of hydrogen-bond acceptors (Lipinski definition) is 5. The lowest BCUT2D eigenvalue weighted by molar-refractivity contribution is 0.0730. The minimum Gasteiger partial charge on any atom is -0.379 e. The number of hydrogen-bond donors (Lipinski definition) is 1. The van der Waals surface area contributed by atoms with Gasteiger partial charge in [0.15, 0.2) is 0 Å². The van der Waals surface area contributed by atoms with Crippen molar-refractivity contribution in [1.82, 2.24) is 9.29 Å². The summed E-state index contributed by atoms with van der Waals surface area (Å²) in [6.45, 7) is 1.72. The van der Waals surface area contributed by atoms with Crippen LogP contribution in [0, 0.1) is 0 Å². The van der Waals surface area contributed by atoms with Crippen molar-refractivity contribution in [3.63, 3.8) is 0 Å². The molecule has 1 saturated carbocycles. The number of morpholine rings is 1. The number of rotatable bonds is 4. The second kappa shape index (κ2) is 5.07. The Bertz CT molecular complexity index is 534. The summed E-state index contributed by atoms with van der Waals surface area (Å²) in [5.41, 5.74) is 0. The third-order valence-electron chi connectivity index (χ3n) is 3.27. The van der Waals surface area contributed by atoms with E-state index in [0.717, 1.165) is 18.7 Å². The van der Waals surface area contributed by atoms with E-state index in [1.807, 2.05) is 0 Å². The van der Waals surface area contributed by atoms with E-state index < -0.39 is 10.0 Å². The van der Waals surface area contributed by atoms with Crippen LogP contribution in [0.5, 0.6) is 0 Å². The fraction of sp³-hybridized carbons (Fsp3) is 0.583. The molecule has 0 aromatic carbocycles. The maximum absolute atomic E-state index is 12.3. The van der Waals surface area contributed by atoms with Gasteiger partial charge < -0.3 is 10.1 Å². The van der Waals surface area contributed by atoms with Gasteiger partial charge >= 0.3 is 0 Å². The molecule has 1 aliphatic heterocycles. The van der Waals surface area contributed by atoms with Gasteiger partial charge in [-0.2, -0.15) is 4.31 Å². The highest BCUT2D eigenvalue weighted by Crippen LogP contribution is 2.24. The molecule has 0 atom stereocenters. The molecular weight excluding hydrogens is 266 g/mol. The van der Waals surface area contributed by atoms with Crippen LogP contribution in [0.1, 0.15) is 12.8 Å². The van der Waals surface area contributed by atoms with Crippen molar-refractivity contribution in [3.05, 3.63) is 18.3 Å². The van der Waals surface area contributed by atoms with Crippen molar-refractivity contribution < 1.29 is 13.2 Å². The molecule has 19 heavy (non-hydrogen) atoms. The summed E-state index contributed by atoms with van der Waals surface area (Å²) in [5.74, 6) is 0.739. The maximum Gasteiger partial charge on any atom is 0.244 e. The molecule has 0 spiro atoms. The van der Waals surface area contributed by atoms with Crippen LogP contribution >= 0.6 is 0 Å². The highest BCUT2D eigenvalue weighted by atomic mass is 32.2. The van der Waals surface area contributed by atoms with Crippen molar-refractivity contribution >= 4 is 15.8 Å². The highest BCUT2D eigenvalue weighted by molar-refractivity contribution is 7.89. The van der Waals surface area contributed by atoms with Crippen LogP contribution in [0.2, 0.25) is 0 Å². The number of aromatic nitrogens is 1. The molecule has 0 radical (unpaired) electrons. The van der Waals surface area contributed by atoms with Crippen LogP contribution in [-0.4, -0.2) is 50.1 Å². The van der Waals surface area contributed by atoms with Crippen LogP contribution in [-0.2, 0) is 14.8 Å². The first-order valence-electron chi connectivity index (χ1n) is 6.47. The molecule has 2 fully saturated rings. The van der Waals surface area contributed by atoms with E-state index in [9.17, 15) is 8.42 Å². The van der Waals surface area contributed by atoms with Crippen LogP contribution in [0.15, 0.2) is 23.2 Å². The number of nitrogens with zero attached hydrogens (tertiary/aromatic N) is 2. The Kier molecular flexibility index (Phi) is 3.42. The molecule has 7 heteroatoms. The lowest BCUT2D eigenvalue weighted by atomic mass is 10.4. The van der Waals surface area contributed by atoms with Crippen LogP contribution in [0.4, 0.5) is 5.82 Å². The van der Waals surface area contributed by atoms with Gasteiger partial charge in [0.25, 0.3) is 0 Å². The Morgan fingerprint density at radius 2 is 2.00 bits per heavy atom. The average Bonchev–Trinajstić information content (AvgIpc) is 3.24. The lowest BCUT2D eigenvalue weighted by Gasteiger charge is -2.25. The van der Waals surface area contributed by atoms with E-state index in [0.29, 0.717) is 32.3 Å². The Balaban J connectivity index is 1.75. The monoisotopic (exact) mass is 283 g/mol. The molecule has 1 aliphatic carbocycles. The minimum atomic E-state index is -3.43. The van der Waals surface area contributed by atoms with Gasteiger partial charge in [-0.1, -0.05) is 0 Å². The standard InChI is InChI=1S/C12H17N3O3S/c16-19(17,15-5-7-18-8-6-15)11-3-4-12(13-9-11)14-10-1-2-10/h3-4,9-10H,1-2,5-8H2,(H,13,14). The number of nitrogens with one attached hydrogen (secondary N) is 1. The first-order chi connectivity index (χ1) is 9.16. The van der Waals surface area contributed by atoms with Gasteiger partial charge in [-0.25, -0.2) is 13.4 Å². The zero-order valence-electron chi connectivity index (χ0n) is 10.6. The minimum absolute atomic E-state index is 0.246. The lowest BCUT2D eigenvalue weighted by Crippen LogP contribution is -2.40. The third kappa shape index (κ3) is 2.88. The molecule has 6 nitrogen and oxygen atoms in total. The van der Waals surface area contributed by atoms with E-state index in [-0.39, 0.29) is 4.90 Å². The topological polar surface area (TPSA) is 71.5 Å². The number of sulfonamides is 1. The first kappa shape index (κ1) is 12.8. The molecular formula is C12H17N3O3S. The molecule has 0 bridgehead atoms. The molecule has 0 unspecified atom stereocenters. The number of anilines is 1. The quantitative estimate of drug-likeness (QED) is 0.879. The van der Waals surface area contributed by atoms with Crippen molar-refractivity contribution in [2.45, 2.75) is 23.8 Å². The molecule has 1 saturated heterocycles. The van der Waals surface area contributed by atoms with Gasteiger partial charge in [0.05, 0.1) is 13.2 Å². The van der Waals surface area contributed by atoms with Gasteiger partial charge in [0.2, 0.25) is 10.0 Å². The first-order valence-corrected chi connectivity index (χ1v) is 7.91. The zero-order valence-corrected chi connectivity index (χ0v) is 11.4. The molecule has 104 valence electrons. The van der Waals surface area contributed by atoms with Crippen molar-refractivity contribution in [2.75, 3.05) is 31.6 Å². The summed E-state index contributed by atoms with van der Waals surface area (Å²) in [4.78, 5) is 4.42. The van der Waals surface area contributed by atoms with E-state index >= 15 is 0 Å². The molecule has 3 rings (SSSR count). The molecule has 2 aliphatic rings. The predicted molar refractivity (Wildman–Crippen MR) is 70.5 cm³/mol. The molecule has 2 heterocycles. The smallest absolute Gasteiger partial charge is 0.244 e. The highest BCUT2D eigenvalue weighted by Gasteiger charge is 2.27. The van der Waals surface area contributed by atoms with Gasteiger partial charge in [-0.3, -0.25) is 0 Å². The summed E-state index contributed by atoms with van der Waals surface area (Å²) >= 11 is 0. The summed E-state index contributed by atoms with van der Waals surface area (Å²) in [5, 5.41) is 3.23. The van der Waals surface area contributed by atoms with E-state index in [1.54, 1.807) is 12.1 Å². The fourth-order valence-electron chi connectivity index (χ4n) is 1.99. The largest absolute Gasteiger partial charge is 0.379 e. The van der Waals surface area contributed by atoms with Crippen LogP contribution in [0.3, 0.4) is 0 Å². The Morgan fingerprint density at radius 3 is 2.58 bits per heavy atom. The predicted octanol–water partition coefficient (Wildman–Crippen LogP) is 0.677. The van der Waals surface area contributed by atoms with Gasteiger partial charge in [-0.15, -0.1) is 0 Å². The van der Waals surface area contributed by atoms with Crippen molar-refractivity contribution in [2.24, 2.45) is 0 Å². The number of ether oxygens (including phenoxy) is 1. The summed E-state index contributed by atoms with van der Waals surface area (Å²) in [6, 6.07) is 3.85. The summed E-state index contributed by atoms with van der Waals surface area (Å²) in [7, 11) is -3.43. The van der Waals surface area contributed by atoms with Gasteiger partial charge in [-0.05, 0) is 25.0 Å². The molecule has 1 N–H and O–H groups in total. The maximum atomic E-state index is 12.3. The Hall–Kier alpha value is -1.18.